The third-order valence-electron chi connectivity index (χ3n) is 9.95. The van der Waals surface area contributed by atoms with E-state index < -0.39 is 0 Å². The van der Waals surface area contributed by atoms with E-state index in [-0.39, 0.29) is 0 Å². The van der Waals surface area contributed by atoms with E-state index in [0.717, 1.165) is 75.1 Å². The number of hydrogen-bond donors (Lipinski definition) is 0. The Hall–Kier alpha value is -6.76. The first-order chi connectivity index (χ1) is 31.1. The van der Waals surface area contributed by atoms with Crippen molar-refractivity contribution in [2.45, 2.75) is 8.68 Å². The van der Waals surface area contributed by atoms with E-state index in [1.807, 2.05) is 61.1 Å². The molecule has 0 radical (unpaired) electrons. The lowest BCUT2D eigenvalue weighted by Gasteiger charge is -2.25. The van der Waals surface area contributed by atoms with Crippen molar-refractivity contribution in [2.75, 3.05) is 22.3 Å². The first-order valence-corrected chi connectivity index (χ1v) is 24.2. The fourth-order valence-electron chi connectivity index (χ4n) is 7.01. The predicted molar refractivity (Wildman–Crippen MR) is 267 cm³/mol. The molecule has 11 heteroatoms. The van der Waals surface area contributed by atoms with Gasteiger partial charge in [0.15, 0.2) is 18.7 Å². The standard InChI is InChI=1S/C52H40N6OS4/c1-60-51-55-53-49(62-51)48(50-54-56-52(61-2)63-50)39-35-46(33-27-37-23-29-44(30-24-37)57(40-15-7-3-8-16-40)41-17-9-4-10-18-41)59-47(36-39)34-28-38-25-31-45(32-26-38)58(42-19-11-5-12-20-42)43-21-13-6-14-22-43/h3-36H,1-2H3/b33-27+,34-28+. The van der Waals surface area contributed by atoms with Gasteiger partial charge in [0, 0.05) is 34.1 Å². The number of aromatic nitrogens is 4. The van der Waals surface area contributed by atoms with E-state index in [9.17, 15) is 0 Å². The lowest BCUT2D eigenvalue weighted by Crippen LogP contribution is -2.09. The lowest BCUT2D eigenvalue weighted by molar-refractivity contribution is 0.332. The maximum atomic E-state index is 6.61. The van der Waals surface area contributed by atoms with E-state index in [1.54, 1.807) is 46.2 Å². The van der Waals surface area contributed by atoms with Crippen molar-refractivity contribution in [1.29, 1.82) is 0 Å². The van der Waals surface area contributed by atoms with Gasteiger partial charge in [-0.05, 0) is 126 Å². The summed E-state index contributed by atoms with van der Waals surface area (Å²) in [5.41, 5.74) is 10.3. The fraction of sp³-hybridized carbons (Fsp3) is 0.0385. The van der Waals surface area contributed by atoms with E-state index in [2.05, 4.69) is 188 Å². The number of nitrogens with zero attached hydrogens (tertiary/aromatic N) is 6. The molecular weight excluding hydrogens is 853 g/mol. The molecule has 0 amide bonds. The molecule has 1 aliphatic heterocycles. The van der Waals surface area contributed by atoms with Gasteiger partial charge in [0.05, 0.1) is 5.57 Å². The molecule has 0 fully saturated rings. The molecule has 63 heavy (non-hydrogen) atoms. The topological polar surface area (TPSA) is 67.3 Å². The van der Waals surface area contributed by atoms with Crippen LogP contribution in [-0.4, -0.2) is 32.9 Å². The number of para-hydroxylation sites is 4. The Morgan fingerprint density at radius 1 is 0.429 bits per heavy atom. The predicted octanol–water partition coefficient (Wildman–Crippen LogP) is 14.8. The minimum atomic E-state index is 0.671. The van der Waals surface area contributed by atoms with Gasteiger partial charge >= 0.3 is 0 Å². The number of allylic oxidation sites excluding steroid dienone is 5. The second-order valence-corrected chi connectivity index (χ2v) is 18.1. The van der Waals surface area contributed by atoms with Crippen molar-refractivity contribution in [3.8, 4) is 0 Å². The Morgan fingerprint density at radius 2 is 0.762 bits per heavy atom. The van der Waals surface area contributed by atoms with E-state index >= 15 is 0 Å². The average Bonchev–Trinajstić information content (AvgIpc) is 4.03. The Morgan fingerprint density at radius 3 is 1.08 bits per heavy atom. The lowest BCUT2D eigenvalue weighted by atomic mass is 10.0. The van der Waals surface area contributed by atoms with Crippen LogP contribution in [0.3, 0.4) is 0 Å². The van der Waals surface area contributed by atoms with Crippen molar-refractivity contribution in [1.82, 2.24) is 20.4 Å². The molecule has 0 saturated carbocycles. The molecule has 0 atom stereocenters. The van der Waals surface area contributed by atoms with Crippen LogP contribution in [-0.2, 0) is 4.74 Å². The van der Waals surface area contributed by atoms with Gasteiger partial charge < -0.3 is 14.5 Å². The molecule has 2 aromatic heterocycles. The summed E-state index contributed by atoms with van der Waals surface area (Å²) in [5, 5.41) is 19.7. The van der Waals surface area contributed by atoms with Crippen molar-refractivity contribution in [3.05, 3.63) is 232 Å². The highest BCUT2D eigenvalue weighted by Gasteiger charge is 2.22. The summed E-state index contributed by atoms with van der Waals surface area (Å²) in [7, 11) is 0. The van der Waals surface area contributed by atoms with Gasteiger partial charge in [-0.15, -0.1) is 20.4 Å². The molecule has 1 aliphatic rings. The molecule has 7 nitrogen and oxygen atoms in total. The monoisotopic (exact) mass is 892 g/mol. The second-order valence-electron chi connectivity index (χ2n) is 14.0. The van der Waals surface area contributed by atoms with Crippen LogP contribution in [0.15, 0.2) is 220 Å². The van der Waals surface area contributed by atoms with Crippen molar-refractivity contribution in [2.24, 2.45) is 0 Å². The largest absolute Gasteiger partial charge is 0.457 e. The summed E-state index contributed by atoms with van der Waals surface area (Å²) >= 11 is 6.23. The molecule has 308 valence electrons. The summed E-state index contributed by atoms with van der Waals surface area (Å²) in [5.74, 6) is 1.34. The summed E-state index contributed by atoms with van der Waals surface area (Å²) < 4.78 is 8.37. The number of thioether (sulfide) groups is 2. The van der Waals surface area contributed by atoms with Crippen LogP contribution in [0.2, 0.25) is 0 Å². The van der Waals surface area contributed by atoms with Crippen LogP contribution >= 0.6 is 46.2 Å². The van der Waals surface area contributed by atoms with Crippen LogP contribution in [0.5, 0.6) is 0 Å². The van der Waals surface area contributed by atoms with E-state index in [1.165, 1.54) is 0 Å². The first kappa shape index (κ1) is 41.6. The third kappa shape index (κ3) is 9.98. The van der Waals surface area contributed by atoms with Gasteiger partial charge in [-0.2, -0.15) is 0 Å². The van der Waals surface area contributed by atoms with Crippen molar-refractivity contribution >= 4 is 98.0 Å². The molecule has 0 bridgehead atoms. The summed E-state index contributed by atoms with van der Waals surface area (Å²) in [6.07, 6.45) is 16.3. The SMILES string of the molecule is CSc1nnc(C(=C2C=C(/C=C/c3ccc(N(c4ccccc4)c4ccccc4)cc3)OC(/C=C/c3ccc(N(c4ccccc4)c4ccccc4)cc3)=C2)c2nnc(SC)s2)s1. The number of hydrogen-bond acceptors (Lipinski definition) is 11. The van der Waals surface area contributed by atoms with Crippen molar-refractivity contribution < 1.29 is 4.74 Å². The van der Waals surface area contributed by atoms with Gasteiger partial charge in [-0.1, -0.05) is 155 Å². The minimum absolute atomic E-state index is 0.671. The molecule has 8 aromatic rings. The average molecular weight is 893 g/mol. The van der Waals surface area contributed by atoms with Crippen LogP contribution in [0, 0.1) is 0 Å². The highest BCUT2D eigenvalue weighted by atomic mass is 32.2. The van der Waals surface area contributed by atoms with Gasteiger partial charge in [-0.3, -0.25) is 0 Å². The van der Waals surface area contributed by atoms with Crippen molar-refractivity contribution in [3.63, 3.8) is 0 Å². The van der Waals surface area contributed by atoms with Gasteiger partial charge in [-0.25, -0.2) is 0 Å². The normalized spacial score (nSPS) is 12.6. The molecule has 9 rings (SSSR count). The van der Waals surface area contributed by atoms with Crippen LogP contribution in [0.4, 0.5) is 34.1 Å². The zero-order valence-electron chi connectivity index (χ0n) is 34.4. The Labute approximate surface area is 384 Å². The maximum absolute atomic E-state index is 6.61. The maximum Gasteiger partial charge on any atom is 0.174 e. The molecule has 6 aromatic carbocycles. The summed E-state index contributed by atoms with van der Waals surface area (Å²) in [6, 6.07) is 58.8. The van der Waals surface area contributed by atoms with E-state index in [4.69, 9.17) is 4.74 Å². The molecule has 0 saturated heterocycles. The molecular formula is C52H40N6OS4. The Bertz CT molecular complexity index is 2650. The number of rotatable bonds is 14. The van der Waals surface area contributed by atoms with Crippen LogP contribution in [0.1, 0.15) is 21.1 Å². The van der Waals surface area contributed by atoms with Gasteiger partial charge in [0.25, 0.3) is 0 Å². The summed E-state index contributed by atoms with van der Waals surface area (Å²) in [4.78, 5) is 4.51. The van der Waals surface area contributed by atoms with E-state index in [0.29, 0.717) is 11.5 Å². The third-order valence-corrected chi connectivity index (χ3v) is 13.8. The number of anilines is 6. The molecule has 3 heterocycles. The molecule has 0 spiro atoms. The van der Waals surface area contributed by atoms with Gasteiger partial charge in [0.2, 0.25) is 0 Å². The summed E-state index contributed by atoms with van der Waals surface area (Å²) in [6.45, 7) is 0. The number of benzene rings is 6. The van der Waals surface area contributed by atoms with Crippen LogP contribution in [0.25, 0.3) is 17.7 Å². The molecule has 0 aliphatic carbocycles. The van der Waals surface area contributed by atoms with Crippen LogP contribution < -0.4 is 9.80 Å². The number of ether oxygens (including phenoxy) is 1. The highest BCUT2D eigenvalue weighted by Crippen LogP contribution is 2.39. The molecule has 0 unspecified atom stereocenters. The quantitative estimate of drug-likeness (QED) is 0.0993. The van der Waals surface area contributed by atoms with Gasteiger partial charge in [0.1, 0.15) is 11.5 Å². The highest BCUT2D eigenvalue weighted by molar-refractivity contribution is 8.00. The second kappa shape index (κ2) is 20.0. The zero-order chi connectivity index (χ0) is 42.8. The fourth-order valence-corrected chi connectivity index (χ4v) is 9.75. The Kier molecular flexibility index (Phi) is 13.2. The smallest absolute Gasteiger partial charge is 0.174 e. The molecule has 0 N–H and O–H groups in total. The minimum Gasteiger partial charge on any atom is -0.457 e. The zero-order valence-corrected chi connectivity index (χ0v) is 37.6. The Balaban J connectivity index is 1.05. The first-order valence-electron chi connectivity index (χ1n) is 20.1.